The summed E-state index contributed by atoms with van der Waals surface area (Å²) in [6, 6.07) is 23.7. The first-order chi connectivity index (χ1) is 15.5. The second kappa shape index (κ2) is 8.07. The van der Waals surface area contributed by atoms with Crippen LogP contribution in [0.4, 0.5) is 0 Å². The van der Waals surface area contributed by atoms with Crippen LogP contribution < -0.4 is 10.2 Å². The van der Waals surface area contributed by atoms with Crippen molar-refractivity contribution in [2.45, 2.75) is 11.3 Å². The van der Waals surface area contributed by atoms with Crippen molar-refractivity contribution < 1.29 is 9.48 Å². The third kappa shape index (κ3) is 3.49. The van der Waals surface area contributed by atoms with Crippen LogP contribution >= 0.6 is 11.3 Å². The molecule has 0 atom stereocenters. The normalized spacial score (nSPS) is 11.0. The van der Waals surface area contributed by atoms with E-state index in [1.54, 1.807) is 41.8 Å². The summed E-state index contributed by atoms with van der Waals surface area (Å²) in [4.78, 5) is 31.1. The maximum absolute atomic E-state index is 13.4. The Labute approximate surface area is 192 Å². The van der Waals surface area contributed by atoms with E-state index >= 15 is 0 Å². The molecular formula is C24H16N4O2S2. The van der Waals surface area contributed by atoms with Gasteiger partial charge in [0.05, 0.1) is 22.2 Å². The highest BCUT2D eigenvalue weighted by molar-refractivity contribution is 7.62. The predicted molar refractivity (Wildman–Crippen MR) is 125 cm³/mol. The number of aryl methyl sites for hydroxylation is 1. The SMILES string of the molecule is Cc1sc([S-])n[n+]1C(=O)c1ccc(-n2c(-c3ccccc3)nc3ccccc3c2=O)cc1. The summed E-state index contributed by atoms with van der Waals surface area (Å²) in [6.07, 6.45) is 0. The average molecular weight is 457 g/mol. The Bertz CT molecular complexity index is 1520. The first-order valence-corrected chi connectivity index (χ1v) is 11.0. The first kappa shape index (κ1) is 20.2. The molecule has 0 spiro atoms. The summed E-state index contributed by atoms with van der Waals surface area (Å²) in [5.74, 6) is 0.266. The van der Waals surface area contributed by atoms with Gasteiger partial charge in [0.15, 0.2) is 5.01 Å². The monoisotopic (exact) mass is 456 g/mol. The smallest absolute Gasteiger partial charge is 0.402 e. The molecule has 5 aromatic rings. The van der Waals surface area contributed by atoms with Gasteiger partial charge in [-0.1, -0.05) is 42.5 Å². The molecule has 0 saturated heterocycles. The number of hydrogen-bond donors (Lipinski definition) is 0. The number of para-hydroxylation sites is 1. The van der Waals surface area contributed by atoms with Gasteiger partial charge in [-0.3, -0.25) is 20.7 Å². The average Bonchev–Trinajstić information content (AvgIpc) is 3.17. The van der Waals surface area contributed by atoms with Crippen molar-refractivity contribution in [2.75, 3.05) is 0 Å². The summed E-state index contributed by atoms with van der Waals surface area (Å²) < 4.78 is 3.30. The minimum Gasteiger partial charge on any atom is -0.402 e. The van der Waals surface area contributed by atoms with E-state index in [1.807, 2.05) is 48.5 Å². The summed E-state index contributed by atoms with van der Waals surface area (Å²) in [6.45, 7) is 1.80. The van der Waals surface area contributed by atoms with Crippen molar-refractivity contribution in [3.63, 3.8) is 0 Å². The molecular weight excluding hydrogens is 440 g/mol. The maximum atomic E-state index is 13.4. The number of carbonyl (C=O) groups excluding carboxylic acids is 1. The van der Waals surface area contributed by atoms with E-state index in [2.05, 4.69) is 5.10 Å². The molecule has 0 aliphatic heterocycles. The second-order valence-corrected chi connectivity index (χ2v) is 8.94. The van der Waals surface area contributed by atoms with Crippen LogP contribution in [0.5, 0.6) is 0 Å². The Hall–Kier alpha value is -3.75. The molecule has 0 radical (unpaired) electrons. The van der Waals surface area contributed by atoms with Crippen molar-refractivity contribution in [2.24, 2.45) is 0 Å². The van der Waals surface area contributed by atoms with Crippen LogP contribution in [0.3, 0.4) is 0 Å². The molecule has 0 fully saturated rings. The Morgan fingerprint density at radius 1 is 0.969 bits per heavy atom. The van der Waals surface area contributed by atoms with Gasteiger partial charge in [0, 0.05) is 16.8 Å². The molecule has 2 aromatic heterocycles. The molecule has 3 aromatic carbocycles. The zero-order valence-corrected chi connectivity index (χ0v) is 18.6. The maximum Gasteiger partial charge on any atom is 0.449 e. The van der Waals surface area contributed by atoms with Crippen LogP contribution in [0.2, 0.25) is 0 Å². The minimum atomic E-state index is -0.270. The lowest BCUT2D eigenvalue weighted by molar-refractivity contribution is -0.637. The number of aromatic nitrogens is 4. The van der Waals surface area contributed by atoms with E-state index in [9.17, 15) is 9.59 Å². The molecule has 156 valence electrons. The van der Waals surface area contributed by atoms with Gasteiger partial charge in [0.1, 0.15) is 5.82 Å². The van der Waals surface area contributed by atoms with Crippen molar-refractivity contribution in [1.82, 2.24) is 14.6 Å². The van der Waals surface area contributed by atoms with E-state index in [4.69, 9.17) is 17.6 Å². The molecule has 0 saturated carbocycles. The zero-order chi connectivity index (χ0) is 22.2. The Balaban J connectivity index is 1.66. The number of rotatable bonds is 3. The number of hydrogen-bond acceptors (Lipinski definition) is 6. The van der Waals surface area contributed by atoms with Crippen LogP contribution in [0.15, 0.2) is 88.0 Å². The minimum absolute atomic E-state index is 0.172. The van der Waals surface area contributed by atoms with Crippen LogP contribution in [0, 0.1) is 6.92 Å². The highest BCUT2D eigenvalue weighted by Crippen LogP contribution is 2.22. The molecule has 0 bridgehead atoms. The number of fused-ring (bicyclic) bond motifs is 1. The standard InChI is InChI=1S/C24H16N4O2S2/c1-15-28(26-24(31)32-15)22(29)17-11-13-18(14-12-17)27-21(16-7-3-2-4-8-16)25-20-10-6-5-9-19(20)23(27)30/h2-14H,1H3. The highest BCUT2D eigenvalue weighted by atomic mass is 32.2. The Morgan fingerprint density at radius 3 is 2.34 bits per heavy atom. The summed E-state index contributed by atoms with van der Waals surface area (Å²) in [5.41, 5.74) is 2.35. The fourth-order valence-corrected chi connectivity index (χ4v) is 4.59. The molecule has 2 heterocycles. The Kier molecular flexibility index (Phi) is 5.08. The van der Waals surface area contributed by atoms with E-state index in [-0.39, 0.29) is 11.5 Å². The van der Waals surface area contributed by atoms with Crippen molar-refractivity contribution in [1.29, 1.82) is 0 Å². The van der Waals surface area contributed by atoms with Gasteiger partial charge in [0.25, 0.3) is 5.56 Å². The van der Waals surface area contributed by atoms with E-state index in [1.165, 1.54) is 16.0 Å². The third-order valence-corrected chi connectivity index (χ3v) is 6.14. The van der Waals surface area contributed by atoms with Gasteiger partial charge in [0.2, 0.25) is 0 Å². The first-order valence-electron chi connectivity index (χ1n) is 9.82. The summed E-state index contributed by atoms with van der Waals surface area (Å²) in [7, 11) is 0. The van der Waals surface area contributed by atoms with Gasteiger partial charge in [-0.2, -0.15) is 0 Å². The lowest BCUT2D eigenvalue weighted by Gasteiger charge is -2.14. The molecule has 0 amide bonds. The Morgan fingerprint density at radius 2 is 1.66 bits per heavy atom. The lowest BCUT2D eigenvalue weighted by atomic mass is 10.1. The van der Waals surface area contributed by atoms with Crippen molar-refractivity contribution in [3.05, 3.63) is 99.8 Å². The molecule has 6 nitrogen and oxygen atoms in total. The molecule has 8 heteroatoms. The molecule has 5 rings (SSSR count). The molecule has 32 heavy (non-hydrogen) atoms. The van der Waals surface area contributed by atoms with Gasteiger partial charge in [-0.15, -0.1) is 0 Å². The van der Waals surface area contributed by atoms with E-state index in [0.717, 1.165) is 5.56 Å². The third-order valence-electron chi connectivity index (χ3n) is 5.09. The molecule has 0 unspecified atom stereocenters. The fourth-order valence-electron chi connectivity index (χ4n) is 3.56. The van der Waals surface area contributed by atoms with Crippen molar-refractivity contribution in [3.8, 4) is 17.1 Å². The lowest BCUT2D eigenvalue weighted by Crippen LogP contribution is -2.46. The van der Waals surface area contributed by atoms with Gasteiger partial charge < -0.3 is 12.6 Å². The fraction of sp³-hybridized carbons (Fsp3) is 0.0417. The van der Waals surface area contributed by atoms with Crippen LogP contribution in [0.1, 0.15) is 15.4 Å². The molecule has 0 N–H and O–H groups in total. The topological polar surface area (TPSA) is 68.7 Å². The number of nitrogens with zero attached hydrogens (tertiary/aromatic N) is 4. The van der Waals surface area contributed by atoms with Crippen LogP contribution in [-0.2, 0) is 12.6 Å². The quantitative estimate of drug-likeness (QED) is 0.306. The zero-order valence-electron chi connectivity index (χ0n) is 16.9. The molecule has 0 aliphatic carbocycles. The largest absolute Gasteiger partial charge is 0.449 e. The predicted octanol–water partition coefficient (Wildman–Crippen LogP) is 3.70. The summed E-state index contributed by atoms with van der Waals surface area (Å²) >= 11 is 6.36. The van der Waals surface area contributed by atoms with Crippen LogP contribution in [0.25, 0.3) is 28.0 Å². The number of carbonyl (C=O) groups is 1. The van der Waals surface area contributed by atoms with Gasteiger partial charge in [-0.25, -0.2) is 9.78 Å². The van der Waals surface area contributed by atoms with E-state index in [0.29, 0.717) is 37.3 Å². The van der Waals surface area contributed by atoms with Crippen molar-refractivity contribution >= 4 is 40.8 Å². The number of benzene rings is 3. The molecule has 0 aliphatic rings. The van der Waals surface area contributed by atoms with Gasteiger partial charge >= 0.3 is 5.91 Å². The summed E-state index contributed by atoms with van der Waals surface area (Å²) in [5, 5.41) is 5.34. The van der Waals surface area contributed by atoms with E-state index < -0.39 is 0 Å². The van der Waals surface area contributed by atoms with Gasteiger partial charge in [-0.05, 0) is 46.2 Å². The highest BCUT2D eigenvalue weighted by Gasteiger charge is 2.23. The van der Waals surface area contributed by atoms with Crippen LogP contribution in [-0.4, -0.2) is 20.6 Å². The second-order valence-electron chi connectivity index (χ2n) is 7.11.